The van der Waals surface area contributed by atoms with Crippen molar-refractivity contribution in [3.05, 3.63) is 44.6 Å². The summed E-state index contributed by atoms with van der Waals surface area (Å²) in [5.41, 5.74) is 0.0890. The van der Waals surface area contributed by atoms with E-state index >= 15 is 0 Å². The van der Waals surface area contributed by atoms with E-state index in [1.165, 1.54) is 29.6 Å². The maximum atomic E-state index is 14.2. The van der Waals surface area contributed by atoms with Crippen molar-refractivity contribution < 1.29 is 37.5 Å². The van der Waals surface area contributed by atoms with Crippen LogP contribution in [0.4, 0.5) is 0 Å². The number of unbranched alkanes of at least 4 members (excludes halogenated alkanes) is 4. The van der Waals surface area contributed by atoms with Gasteiger partial charge in [0.2, 0.25) is 0 Å². The van der Waals surface area contributed by atoms with E-state index in [1.807, 2.05) is 0 Å². The fraction of sp³-hybridized carbons (Fsp3) is 0.660. The zero-order valence-corrected chi connectivity index (χ0v) is 43.0. The van der Waals surface area contributed by atoms with Crippen LogP contribution in [0.3, 0.4) is 0 Å². The number of ether oxygens (including phenoxy) is 2. The number of furan rings is 2. The predicted molar refractivity (Wildman–Crippen MR) is 270 cm³/mol. The Morgan fingerprint density at radius 3 is 1.53 bits per heavy atom. The lowest BCUT2D eigenvalue weighted by Crippen LogP contribution is -2.34. The standard InChI is InChI=1S/C50H74N2O8S4/c1-9-17-21-33(13-5)29-51-45(53)41(63-49(51)61)27-37-25-39(47(55)57-31-35(15-7)23-19-11-3)43(59-37)44-40(48(56)58-32-36(16-8)24-20-12-4)26-38(60-44)28-42-46(54)52(50(62)64-42)30-34(14-6)22-18-10-2/h25-28,33-36,49,61H,9-24,29-32H2,1-8H3/b41-27-,42-28-. The first kappa shape index (κ1) is 53.7. The first-order chi connectivity index (χ1) is 30.9. The van der Waals surface area contributed by atoms with Gasteiger partial charge in [0.25, 0.3) is 11.8 Å². The third-order valence-electron chi connectivity index (χ3n) is 12.5. The number of rotatable bonds is 29. The first-order valence-corrected chi connectivity index (χ1v) is 26.7. The molecule has 2 aliphatic rings. The number of hydrogen-bond acceptors (Lipinski definition) is 12. The van der Waals surface area contributed by atoms with Gasteiger partial charge in [0, 0.05) is 25.2 Å². The lowest BCUT2D eigenvalue weighted by atomic mass is 9.99. The van der Waals surface area contributed by atoms with Crippen molar-refractivity contribution in [3.8, 4) is 11.5 Å². The maximum Gasteiger partial charge on any atom is 0.342 e. The van der Waals surface area contributed by atoms with Gasteiger partial charge >= 0.3 is 11.9 Å². The minimum Gasteiger partial charge on any atom is -0.462 e. The fourth-order valence-corrected chi connectivity index (χ4v) is 10.7. The lowest BCUT2D eigenvalue weighted by Gasteiger charge is -2.25. The molecular formula is C50H74N2O8S4. The molecule has 14 heteroatoms. The highest BCUT2D eigenvalue weighted by atomic mass is 32.2. The third kappa shape index (κ3) is 15.0. The van der Waals surface area contributed by atoms with Gasteiger partial charge in [-0.15, -0.1) is 12.6 Å². The van der Waals surface area contributed by atoms with E-state index in [2.05, 4.69) is 55.4 Å². The quantitative estimate of drug-likeness (QED) is 0.0363. The highest BCUT2D eigenvalue weighted by molar-refractivity contribution is 8.26. The molecule has 4 rings (SSSR count). The van der Waals surface area contributed by atoms with E-state index in [-0.39, 0.29) is 75.7 Å². The first-order valence-electron chi connectivity index (χ1n) is 24.1. The van der Waals surface area contributed by atoms with Gasteiger partial charge < -0.3 is 23.2 Å². The molecule has 0 radical (unpaired) electrons. The molecule has 4 heterocycles. The second-order valence-electron chi connectivity index (χ2n) is 17.3. The Bertz CT molecular complexity index is 1920. The van der Waals surface area contributed by atoms with Crippen molar-refractivity contribution in [2.24, 2.45) is 23.7 Å². The summed E-state index contributed by atoms with van der Waals surface area (Å²) in [4.78, 5) is 60.3. The molecule has 5 unspecified atom stereocenters. The number of carbonyl (C=O) groups is 4. The van der Waals surface area contributed by atoms with Crippen LogP contribution in [0.25, 0.3) is 23.7 Å². The molecule has 356 valence electrons. The molecule has 0 saturated carbocycles. The average molecular weight is 959 g/mol. The summed E-state index contributed by atoms with van der Waals surface area (Å²) >= 11 is 13.0. The van der Waals surface area contributed by atoms with Gasteiger partial charge in [0.05, 0.1) is 23.0 Å². The summed E-state index contributed by atoms with van der Waals surface area (Å²) < 4.78 is 24.9. The molecule has 5 atom stereocenters. The minimum atomic E-state index is -0.646. The van der Waals surface area contributed by atoms with Gasteiger partial charge in [-0.25, -0.2) is 9.59 Å². The average Bonchev–Trinajstić information content (AvgIpc) is 4.04. The Morgan fingerprint density at radius 1 is 0.672 bits per heavy atom. The molecule has 2 saturated heterocycles. The molecule has 0 bridgehead atoms. The number of thiocarbonyl (C=S) groups is 1. The second kappa shape index (κ2) is 27.6. The number of amides is 2. The Hall–Kier alpha value is -2.94. The van der Waals surface area contributed by atoms with Gasteiger partial charge in [0.15, 0.2) is 11.5 Å². The molecule has 0 spiro atoms. The third-order valence-corrected chi connectivity index (χ3v) is 15.5. The van der Waals surface area contributed by atoms with E-state index in [1.54, 1.807) is 28.0 Å². The van der Waals surface area contributed by atoms with Crippen LogP contribution >= 0.6 is 48.4 Å². The smallest absolute Gasteiger partial charge is 0.342 e. The monoisotopic (exact) mass is 958 g/mol. The van der Waals surface area contributed by atoms with Crippen LogP contribution in [0.15, 0.2) is 30.8 Å². The highest BCUT2D eigenvalue weighted by Crippen LogP contribution is 2.42. The maximum absolute atomic E-state index is 14.2. The number of hydrogen-bond donors (Lipinski definition) is 1. The molecular weight excluding hydrogens is 885 g/mol. The van der Waals surface area contributed by atoms with Crippen LogP contribution < -0.4 is 0 Å². The van der Waals surface area contributed by atoms with Crippen LogP contribution in [-0.2, 0) is 19.1 Å². The Morgan fingerprint density at radius 2 is 1.09 bits per heavy atom. The van der Waals surface area contributed by atoms with Gasteiger partial charge in [0.1, 0.15) is 31.7 Å². The predicted octanol–water partition coefficient (Wildman–Crippen LogP) is 14.0. The zero-order chi connectivity index (χ0) is 46.8. The molecule has 10 nitrogen and oxygen atoms in total. The molecule has 2 aromatic heterocycles. The summed E-state index contributed by atoms with van der Waals surface area (Å²) in [6.07, 6.45) is 19.1. The zero-order valence-electron chi connectivity index (χ0n) is 39.7. The van der Waals surface area contributed by atoms with Crippen LogP contribution in [0.1, 0.15) is 190 Å². The number of nitrogens with zero attached hydrogens (tertiary/aromatic N) is 2. The van der Waals surface area contributed by atoms with Crippen molar-refractivity contribution in [2.75, 3.05) is 26.3 Å². The molecule has 0 N–H and O–H groups in total. The summed E-state index contributed by atoms with van der Waals surface area (Å²) in [6, 6.07) is 3.07. The van der Waals surface area contributed by atoms with Gasteiger partial charge in [-0.3, -0.25) is 14.5 Å². The van der Waals surface area contributed by atoms with E-state index in [4.69, 9.17) is 43.2 Å². The lowest BCUT2D eigenvalue weighted by molar-refractivity contribution is -0.125. The minimum absolute atomic E-state index is 0.0299. The van der Waals surface area contributed by atoms with E-state index in [0.29, 0.717) is 39.1 Å². The number of thioether (sulfide) groups is 2. The van der Waals surface area contributed by atoms with Crippen molar-refractivity contribution in [1.29, 1.82) is 0 Å². The fourth-order valence-electron chi connectivity index (χ4n) is 7.97. The van der Waals surface area contributed by atoms with Crippen molar-refractivity contribution in [3.63, 3.8) is 0 Å². The number of thiol groups is 1. The van der Waals surface area contributed by atoms with Crippen molar-refractivity contribution in [1.82, 2.24) is 9.80 Å². The van der Waals surface area contributed by atoms with Gasteiger partial charge in [-0.05, 0) is 61.5 Å². The summed E-state index contributed by atoms with van der Waals surface area (Å²) in [5, 5.41) is 0. The Labute approximate surface area is 402 Å². The highest BCUT2D eigenvalue weighted by Gasteiger charge is 2.37. The van der Waals surface area contributed by atoms with Crippen LogP contribution in [-0.4, -0.2) is 68.9 Å². The van der Waals surface area contributed by atoms with E-state index in [0.717, 1.165) is 103 Å². The van der Waals surface area contributed by atoms with Crippen LogP contribution in [0, 0.1) is 23.7 Å². The molecule has 2 fully saturated rings. The largest absolute Gasteiger partial charge is 0.462 e. The number of carbonyl (C=O) groups excluding carboxylic acids is 4. The van der Waals surface area contributed by atoms with Crippen molar-refractivity contribution >= 4 is 88.6 Å². The van der Waals surface area contributed by atoms with Crippen LogP contribution in [0.5, 0.6) is 0 Å². The topological polar surface area (TPSA) is 119 Å². The summed E-state index contributed by atoms with van der Waals surface area (Å²) in [7, 11) is 0. The SMILES string of the molecule is CCCCC(CC)COC(=O)c1cc(/C=C2\SC(=S)N(CC(CC)CCCC)C2=O)oc1-c1oc(/C=C2\SC(S)N(CC(CC)CCCC)C2=O)cc1C(=O)OCC(CC)CCCC. The Balaban J connectivity index is 1.80. The van der Waals surface area contributed by atoms with Crippen LogP contribution in [0.2, 0.25) is 0 Å². The molecule has 2 amide bonds. The molecule has 2 aromatic rings. The Kier molecular flexibility index (Phi) is 23.2. The molecule has 0 aliphatic carbocycles. The van der Waals surface area contributed by atoms with Gasteiger partial charge in [-0.2, -0.15) is 0 Å². The van der Waals surface area contributed by atoms with E-state index in [9.17, 15) is 19.2 Å². The van der Waals surface area contributed by atoms with Gasteiger partial charge in [-0.1, -0.05) is 168 Å². The summed E-state index contributed by atoms with van der Waals surface area (Å²) in [6.45, 7) is 18.6. The molecule has 2 aliphatic heterocycles. The second-order valence-corrected chi connectivity index (χ2v) is 21.0. The molecule has 0 aromatic carbocycles. The normalized spacial score (nSPS) is 18.7. The molecule has 64 heavy (non-hydrogen) atoms. The van der Waals surface area contributed by atoms with Crippen molar-refractivity contribution in [2.45, 2.75) is 163 Å². The number of esters is 2. The summed E-state index contributed by atoms with van der Waals surface area (Å²) in [5.74, 6) is -0.287. The van der Waals surface area contributed by atoms with E-state index < -0.39 is 11.9 Å².